The van der Waals surface area contributed by atoms with Crippen molar-refractivity contribution in [2.45, 2.75) is 38.8 Å². The Kier molecular flexibility index (Phi) is 10.5. The van der Waals surface area contributed by atoms with E-state index in [-0.39, 0.29) is 36.0 Å². The second-order valence-corrected chi connectivity index (χ2v) is 6.86. The van der Waals surface area contributed by atoms with Gasteiger partial charge in [0.25, 0.3) is 0 Å². The van der Waals surface area contributed by atoms with Gasteiger partial charge in [-0.1, -0.05) is 12.1 Å². The number of likely N-dealkylation sites (tertiary alicyclic amines) is 1. The van der Waals surface area contributed by atoms with Crippen molar-refractivity contribution in [1.29, 1.82) is 0 Å². The molecule has 0 aliphatic carbocycles. The van der Waals surface area contributed by atoms with Gasteiger partial charge >= 0.3 is 0 Å². The van der Waals surface area contributed by atoms with Gasteiger partial charge in [-0.05, 0) is 44.4 Å². The lowest BCUT2D eigenvalue weighted by atomic mass is 10.1. The zero-order valence-electron chi connectivity index (χ0n) is 16.4. The molecule has 1 atom stereocenters. The number of hydrogen-bond donors (Lipinski definition) is 3. The number of rotatable bonds is 7. The number of amides is 1. The van der Waals surface area contributed by atoms with E-state index in [1.54, 1.807) is 7.05 Å². The fourth-order valence-electron chi connectivity index (χ4n) is 3.05. The maximum Gasteiger partial charge on any atom is 0.231 e. The summed E-state index contributed by atoms with van der Waals surface area (Å²) in [7, 11) is 1.77. The van der Waals surface area contributed by atoms with E-state index < -0.39 is 0 Å². The van der Waals surface area contributed by atoms with Crippen LogP contribution in [0, 0.1) is 6.92 Å². The van der Waals surface area contributed by atoms with Crippen LogP contribution in [0.5, 0.6) is 5.75 Å². The maximum atomic E-state index is 11.0. The highest BCUT2D eigenvalue weighted by molar-refractivity contribution is 14.0. The lowest BCUT2D eigenvalue weighted by Crippen LogP contribution is -2.50. The van der Waals surface area contributed by atoms with E-state index in [2.05, 4.69) is 33.5 Å². The number of halogens is 1. The van der Waals surface area contributed by atoms with Gasteiger partial charge < -0.3 is 21.1 Å². The number of ether oxygens (including phenoxy) is 1. The molecule has 1 heterocycles. The van der Waals surface area contributed by atoms with Crippen LogP contribution in [0.15, 0.2) is 29.3 Å². The second-order valence-electron chi connectivity index (χ2n) is 6.86. The number of nitrogens with one attached hydrogen (secondary N) is 2. The summed E-state index contributed by atoms with van der Waals surface area (Å²) >= 11 is 0. The number of aliphatic imine (C=N–C) groups is 1. The molecule has 1 aliphatic heterocycles. The van der Waals surface area contributed by atoms with Crippen LogP contribution in [0.25, 0.3) is 0 Å². The van der Waals surface area contributed by atoms with Crippen LogP contribution in [-0.2, 0) is 4.79 Å². The van der Waals surface area contributed by atoms with Gasteiger partial charge in [0.15, 0.2) is 5.96 Å². The molecule has 1 aliphatic rings. The first-order valence-electron chi connectivity index (χ1n) is 9.17. The topological polar surface area (TPSA) is 92.0 Å². The summed E-state index contributed by atoms with van der Waals surface area (Å²) in [6.45, 7) is 6.82. The summed E-state index contributed by atoms with van der Waals surface area (Å²) in [5, 5.41) is 6.77. The summed E-state index contributed by atoms with van der Waals surface area (Å²) in [4.78, 5) is 17.4. The molecule has 0 radical (unpaired) electrons. The van der Waals surface area contributed by atoms with Gasteiger partial charge in [-0.2, -0.15) is 0 Å². The average molecular weight is 489 g/mol. The Morgan fingerprint density at radius 3 is 2.70 bits per heavy atom. The Balaban J connectivity index is 0.00000364. The first-order valence-corrected chi connectivity index (χ1v) is 9.17. The Morgan fingerprint density at radius 2 is 2.11 bits per heavy atom. The van der Waals surface area contributed by atoms with Crippen LogP contribution in [0.2, 0.25) is 0 Å². The third-order valence-electron chi connectivity index (χ3n) is 4.42. The number of nitrogens with two attached hydrogens (primary N) is 1. The van der Waals surface area contributed by atoms with Gasteiger partial charge in [-0.25, -0.2) is 0 Å². The Labute approximate surface area is 179 Å². The van der Waals surface area contributed by atoms with Crippen LogP contribution in [-0.4, -0.2) is 62.1 Å². The molecular weight excluding hydrogens is 457 g/mol. The summed E-state index contributed by atoms with van der Waals surface area (Å²) in [5.74, 6) is 1.39. The molecule has 1 unspecified atom stereocenters. The van der Waals surface area contributed by atoms with Crippen molar-refractivity contribution < 1.29 is 9.53 Å². The largest absolute Gasteiger partial charge is 0.489 e. The lowest BCUT2D eigenvalue weighted by molar-refractivity contribution is -0.119. The van der Waals surface area contributed by atoms with Crippen LogP contribution < -0.4 is 21.1 Å². The number of carbonyl (C=O) groups is 1. The van der Waals surface area contributed by atoms with E-state index in [9.17, 15) is 4.79 Å². The minimum Gasteiger partial charge on any atom is -0.489 e. The van der Waals surface area contributed by atoms with E-state index in [4.69, 9.17) is 10.5 Å². The predicted octanol–water partition coefficient (Wildman–Crippen LogP) is 1.50. The van der Waals surface area contributed by atoms with E-state index >= 15 is 0 Å². The first kappa shape index (κ1) is 23.5. The van der Waals surface area contributed by atoms with Gasteiger partial charge in [-0.15, -0.1) is 24.0 Å². The Bertz CT molecular complexity index is 618. The van der Waals surface area contributed by atoms with E-state index in [0.29, 0.717) is 19.1 Å². The molecule has 7 nitrogen and oxygen atoms in total. The molecule has 1 aromatic carbocycles. The number of piperidine rings is 1. The number of carbonyl (C=O) groups excluding carboxylic acids is 1. The first-order chi connectivity index (χ1) is 12.5. The molecule has 0 spiro atoms. The van der Waals surface area contributed by atoms with Crippen molar-refractivity contribution in [3.05, 3.63) is 29.8 Å². The zero-order chi connectivity index (χ0) is 18.9. The Hall–Kier alpha value is -1.55. The minimum absolute atomic E-state index is 0. The predicted molar refractivity (Wildman–Crippen MR) is 120 cm³/mol. The molecule has 1 amide bonds. The van der Waals surface area contributed by atoms with Crippen LogP contribution >= 0.6 is 24.0 Å². The third kappa shape index (κ3) is 8.79. The highest BCUT2D eigenvalue weighted by Gasteiger charge is 2.21. The molecule has 1 saturated heterocycles. The highest BCUT2D eigenvalue weighted by atomic mass is 127. The van der Waals surface area contributed by atoms with Crippen molar-refractivity contribution >= 4 is 35.8 Å². The molecule has 1 aromatic rings. The van der Waals surface area contributed by atoms with Crippen LogP contribution in [0.4, 0.5) is 0 Å². The fourth-order valence-corrected chi connectivity index (χ4v) is 3.05. The standard InChI is InChI=1S/C19H31N5O2.HI/c1-14-5-4-6-17(11-14)26-15(2)12-22-19(21-3)23-16-7-9-24(10-8-16)13-18(20)25;/h4-6,11,15-16H,7-10,12-13H2,1-3H3,(H2,20,25)(H2,21,22,23);1H. The molecule has 4 N–H and O–H groups in total. The van der Waals surface area contributed by atoms with Gasteiger partial charge in [0.1, 0.15) is 11.9 Å². The third-order valence-corrected chi connectivity index (χ3v) is 4.42. The highest BCUT2D eigenvalue weighted by Crippen LogP contribution is 2.14. The van der Waals surface area contributed by atoms with Crippen molar-refractivity contribution in [2.75, 3.05) is 33.2 Å². The number of nitrogens with zero attached hydrogens (tertiary/aromatic N) is 2. The maximum absolute atomic E-state index is 11.0. The van der Waals surface area contributed by atoms with E-state index in [1.165, 1.54) is 5.56 Å². The lowest BCUT2D eigenvalue weighted by Gasteiger charge is -2.32. The number of benzene rings is 1. The smallest absolute Gasteiger partial charge is 0.231 e. The monoisotopic (exact) mass is 489 g/mol. The fraction of sp³-hybridized carbons (Fsp3) is 0.579. The molecule has 0 saturated carbocycles. The normalized spacial score (nSPS) is 16.9. The van der Waals surface area contributed by atoms with E-state index in [1.807, 2.05) is 25.1 Å². The molecule has 152 valence electrons. The van der Waals surface area contributed by atoms with Gasteiger partial charge in [-0.3, -0.25) is 14.7 Å². The number of aryl methyl sites for hydroxylation is 1. The minimum atomic E-state index is -0.267. The molecule has 1 fully saturated rings. The van der Waals surface area contributed by atoms with Crippen LogP contribution in [0.3, 0.4) is 0 Å². The Morgan fingerprint density at radius 1 is 1.41 bits per heavy atom. The summed E-state index contributed by atoms with van der Waals surface area (Å²) in [5.41, 5.74) is 6.44. The quantitative estimate of drug-likeness (QED) is 0.307. The molecule has 0 aromatic heterocycles. The van der Waals surface area contributed by atoms with Crippen molar-refractivity contribution in [3.8, 4) is 5.75 Å². The zero-order valence-corrected chi connectivity index (χ0v) is 18.7. The molecule has 0 bridgehead atoms. The molecule has 2 rings (SSSR count). The van der Waals surface area contributed by atoms with Gasteiger partial charge in [0.05, 0.1) is 13.1 Å². The number of hydrogen-bond acceptors (Lipinski definition) is 4. The average Bonchev–Trinajstić information content (AvgIpc) is 2.59. The second kappa shape index (κ2) is 12.0. The summed E-state index contributed by atoms with van der Waals surface area (Å²) < 4.78 is 5.94. The van der Waals surface area contributed by atoms with Gasteiger partial charge in [0, 0.05) is 26.2 Å². The SMILES string of the molecule is CN=C(NCC(C)Oc1cccc(C)c1)NC1CCN(CC(N)=O)CC1.I. The summed E-state index contributed by atoms with van der Waals surface area (Å²) in [6.07, 6.45) is 1.94. The van der Waals surface area contributed by atoms with E-state index in [0.717, 1.165) is 37.6 Å². The summed E-state index contributed by atoms with van der Waals surface area (Å²) in [6, 6.07) is 8.39. The number of primary amides is 1. The van der Waals surface area contributed by atoms with Crippen molar-refractivity contribution in [3.63, 3.8) is 0 Å². The number of guanidine groups is 1. The van der Waals surface area contributed by atoms with Crippen molar-refractivity contribution in [1.82, 2.24) is 15.5 Å². The van der Waals surface area contributed by atoms with Gasteiger partial charge in [0.2, 0.25) is 5.91 Å². The van der Waals surface area contributed by atoms with Crippen LogP contribution in [0.1, 0.15) is 25.3 Å². The molecule has 27 heavy (non-hydrogen) atoms. The van der Waals surface area contributed by atoms with Crippen molar-refractivity contribution in [2.24, 2.45) is 10.7 Å². The molecule has 8 heteroatoms. The molecular formula is C19H32IN5O2.